The lowest BCUT2D eigenvalue weighted by molar-refractivity contribution is -0.123. The van der Waals surface area contributed by atoms with Crippen LogP contribution in [-0.4, -0.2) is 86.3 Å². The van der Waals surface area contributed by atoms with Crippen molar-refractivity contribution in [2.75, 3.05) is 58.5 Å². The van der Waals surface area contributed by atoms with Crippen molar-refractivity contribution in [3.05, 3.63) is 18.2 Å². The standard InChI is InChI=1S/C18H25N3O5/c1-25-13-3-4-14(16(11-13)26-2)21-17(23)12-15(18(21)24)20-7-5-19(6-8-20)9-10-22/h3-4,11,15,22H,5-10,12H2,1-2H3. The van der Waals surface area contributed by atoms with E-state index in [1.807, 2.05) is 0 Å². The molecule has 0 aromatic heterocycles. The van der Waals surface area contributed by atoms with Gasteiger partial charge in [-0.05, 0) is 12.1 Å². The first-order chi connectivity index (χ1) is 12.6. The summed E-state index contributed by atoms with van der Waals surface area (Å²) in [6.07, 6.45) is 0.175. The number of carbonyl (C=O) groups is 2. The number of piperazine rings is 1. The van der Waals surface area contributed by atoms with Crippen LogP contribution in [0.2, 0.25) is 0 Å². The minimum absolute atomic E-state index is 0.131. The molecule has 1 atom stereocenters. The highest BCUT2D eigenvalue weighted by molar-refractivity contribution is 6.23. The van der Waals surface area contributed by atoms with Crippen molar-refractivity contribution in [2.24, 2.45) is 0 Å². The molecule has 0 saturated carbocycles. The summed E-state index contributed by atoms with van der Waals surface area (Å²) in [5.41, 5.74) is 0.449. The lowest BCUT2D eigenvalue weighted by atomic mass is 10.1. The Kier molecular flexibility index (Phi) is 5.75. The Balaban J connectivity index is 1.76. The van der Waals surface area contributed by atoms with Crippen LogP contribution in [-0.2, 0) is 9.59 Å². The molecular weight excluding hydrogens is 338 g/mol. The number of amides is 2. The number of benzene rings is 1. The zero-order valence-electron chi connectivity index (χ0n) is 15.2. The third kappa shape index (κ3) is 3.53. The first-order valence-electron chi connectivity index (χ1n) is 8.75. The van der Waals surface area contributed by atoms with Gasteiger partial charge in [-0.2, -0.15) is 0 Å². The van der Waals surface area contributed by atoms with Crippen molar-refractivity contribution in [1.29, 1.82) is 0 Å². The second-order valence-corrected chi connectivity index (χ2v) is 6.43. The second-order valence-electron chi connectivity index (χ2n) is 6.43. The van der Waals surface area contributed by atoms with Gasteiger partial charge in [0.2, 0.25) is 5.91 Å². The van der Waals surface area contributed by atoms with E-state index in [1.54, 1.807) is 25.3 Å². The zero-order chi connectivity index (χ0) is 18.7. The van der Waals surface area contributed by atoms with Gasteiger partial charge >= 0.3 is 0 Å². The monoisotopic (exact) mass is 363 g/mol. The largest absolute Gasteiger partial charge is 0.497 e. The van der Waals surface area contributed by atoms with E-state index in [-0.39, 0.29) is 24.8 Å². The maximum absolute atomic E-state index is 13.0. The average Bonchev–Trinajstić information content (AvgIpc) is 2.96. The van der Waals surface area contributed by atoms with Gasteiger partial charge < -0.3 is 14.6 Å². The van der Waals surface area contributed by atoms with E-state index >= 15 is 0 Å². The first kappa shape index (κ1) is 18.6. The molecule has 2 aliphatic rings. The lowest BCUT2D eigenvalue weighted by Crippen LogP contribution is -2.53. The lowest BCUT2D eigenvalue weighted by Gasteiger charge is -2.36. The van der Waals surface area contributed by atoms with Crippen LogP contribution in [0.1, 0.15) is 6.42 Å². The SMILES string of the molecule is COc1ccc(N2C(=O)CC(N3CCN(CCO)CC3)C2=O)c(OC)c1. The zero-order valence-corrected chi connectivity index (χ0v) is 15.2. The second kappa shape index (κ2) is 8.03. The summed E-state index contributed by atoms with van der Waals surface area (Å²) in [6.45, 7) is 3.75. The minimum atomic E-state index is -0.439. The summed E-state index contributed by atoms with van der Waals surface area (Å²) in [5, 5.41) is 9.04. The van der Waals surface area contributed by atoms with Crippen molar-refractivity contribution in [1.82, 2.24) is 9.80 Å². The number of aliphatic hydroxyl groups is 1. The quantitative estimate of drug-likeness (QED) is 0.710. The van der Waals surface area contributed by atoms with E-state index in [9.17, 15) is 9.59 Å². The Hall–Kier alpha value is -2.16. The van der Waals surface area contributed by atoms with E-state index < -0.39 is 6.04 Å². The van der Waals surface area contributed by atoms with Gasteiger partial charge in [0.1, 0.15) is 11.5 Å². The molecule has 26 heavy (non-hydrogen) atoms. The highest BCUT2D eigenvalue weighted by atomic mass is 16.5. The summed E-state index contributed by atoms with van der Waals surface area (Å²) in [5.74, 6) is 0.594. The molecule has 0 radical (unpaired) electrons. The topological polar surface area (TPSA) is 82.5 Å². The maximum atomic E-state index is 13.0. The molecule has 2 saturated heterocycles. The van der Waals surface area contributed by atoms with E-state index in [0.717, 1.165) is 13.1 Å². The molecule has 1 aromatic rings. The third-order valence-corrected chi connectivity index (χ3v) is 5.01. The number of hydrogen-bond donors (Lipinski definition) is 1. The number of hydrogen-bond acceptors (Lipinski definition) is 7. The Morgan fingerprint density at radius 3 is 2.46 bits per heavy atom. The minimum Gasteiger partial charge on any atom is -0.497 e. The summed E-state index contributed by atoms with van der Waals surface area (Å²) >= 11 is 0. The normalized spacial score (nSPS) is 22.1. The molecule has 1 N–H and O–H groups in total. The van der Waals surface area contributed by atoms with Gasteiger partial charge in [0.25, 0.3) is 5.91 Å². The Bertz CT molecular complexity index is 673. The van der Waals surface area contributed by atoms with Crippen molar-refractivity contribution in [3.63, 3.8) is 0 Å². The van der Waals surface area contributed by atoms with Crippen molar-refractivity contribution in [2.45, 2.75) is 12.5 Å². The predicted octanol–water partition coefficient (Wildman–Crippen LogP) is -0.0544. The van der Waals surface area contributed by atoms with Crippen molar-refractivity contribution in [3.8, 4) is 11.5 Å². The van der Waals surface area contributed by atoms with Crippen LogP contribution in [0.4, 0.5) is 5.69 Å². The van der Waals surface area contributed by atoms with E-state index in [0.29, 0.717) is 36.8 Å². The van der Waals surface area contributed by atoms with Gasteiger partial charge in [0.15, 0.2) is 0 Å². The fraction of sp³-hybridized carbons (Fsp3) is 0.556. The smallest absolute Gasteiger partial charge is 0.251 e. The summed E-state index contributed by atoms with van der Waals surface area (Å²) in [7, 11) is 3.05. The molecule has 2 fully saturated rings. The van der Waals surface area contributed by atoms with E-state index in [2.05, 4.69) is 9.80 Å². The molecule has 0 aliphatic carbocycles. The van der Waals surface area contributed by atoms with Crippen LogP contribution in [0.3, 0.4) is 0 Å². The van der Waals surface area contributed by atoms with Crippen LogP contribution in [0, 0.1) is 0 Å². The highest BCUT2D eigenvalue weighted by Crippen LogP contribution is 2.36. The van der Waals surface area contributed by atoms with Gasteiger partial charge in [0, 0.05) is 38.8 Å². The van der Waals surface area contributed by atoms with Crippen molar-refractivity contribution < 1.29 is 24.2 Å². The Morgan fingerprint density at radius 1 is 1.12 bits per heavy atom. The average molecular weight is 363 g/mol. The molecule has 8 nitrogen and oxygen atoms in total. The number of rotatable bonds is 6. The molecule has 2 heterocycles. The number of anilines is 1. The van der Waals surface area contributed by atoms with Crippen LogP contribution >= 0.6 is 0 Å². The summed E-state index contributed by atoms with van der Waals surface area (Å²) < 4.78 is 10.5. The molecule has 8 heteroatoms. The highest BCUT2D eigenvalue weighted by Gasteiger charge is 2.44. The number of β-amino-alcohol motifs (C(OH)–C–C–N with tert-alkyl or cyclic N) is 1. The Morgan fingerprint density at radius 2 is 1.85 bits per heavy atom. The number of carbonyl (C=O) groups excluding carboxylic acids is 2. The molecule has 2 aliphatic heterocycles. The number of aliphatic hydroxyl groups excluding tert-OH is 1. The van der Waals surface area contributed by atoms with Crippen LogP contribution in [0.5, 0.6) is 11.5 Å². The van der Waals surface area contributed by atoms with Gasteiger partial charge in [-0.25, -0.2) is 4.90 Å². The Labute approximate surface area is 152 Å². The number of nitrogens with zero attached hydrogens (tertiary/aromatic N) is 3. The third-order valence-electron chi connectivity index (χ3n) is 5.01. The summed E-state index contributed by atoms with van der Waals surface area (Å²) in [6, 6.07) is 4.61. The molecule has 2 amide bonds. The fourth-order valence-corrected chi connectivity index (χ4v) is 3.56. The van der Waals surface area contributed by atoms with Gasteiger partial charge in [0.05, 0.1) is 39.0 Å². The first-order valence-corrected chi connectivity index (χ1v) is 8.75. The maximum Gasteiger partial charge on any atom is 0.251 e. The molecule has 1 unspecified atom stereocenters. The number of methoxy groups -OCH3 is 2. The molecule has 3 rings (SSSR count). The van der Waals surface area contributed by atoms with Gasteiger partial charge in [-0.3, -0.25) is 19.4 Å². The van der Waals surface area contributed by atoms with Gasteiger partial charge in [-0.1, -0.05) is 0 Å². The van der Waals surface area contributed by atoms with Crippen LogP contribution in [0.15, 0.2) is 18.2 Å². The number of ether oxygens (including phenoxy) is 2. The molecule has 142 valence electrons. The molecule has 0 bridgehead atoms. The van der Waals surface area contributed by atoms with Gasteiger partial charge in [-0.15, -0.1) is 0 Å². The molecule has 0 spiro atoms. The predicted molar refractivity (Wildman–Crippen MR) is 95.5 cm³/mol. The number of imide groups is 1. The van der Waals surface area contributed by atoms with Crippen LogP contribution in [0.25, 0.3) is 0 Å². The van der Waals surface area contributed by atoms with E-state index in [1.165, 1.54) is 12.0 Å². The van der Waals surface area contributed by atoms with Crippen molar-refractivity contribution >= 4 is 17.5 Å². The molecular formula is C18H25N3O5. The van der Waals surface area contributed by atoms with E-state index in [4.69, 9.17) is 14.6 Å². The van der Waals surface area contributed by atoms with Crippen LogP contribution < -0.4 is 14.4 Å². The molecule has 1 aromatic carbocycles. The fourth-order valence-electron chi connectivity index (χ4n) is 3.56. The summed E-state index contributed by atoms with van der Waals surface area (Å²) in [4.78, 5) is 31.0.